The Kier molecular flexibility index (Phi) is 6.15. The monoisotopic (exact) mass is 518 g/mol. The van der Waals surface area contributed by atoms with E-state index in [2.05, 4.69) is 90.4 Å². The standard InChI is InChI=1S/C26H23BrN4OS/c1-2-32-21-14-12-20(13-15-21)31-25(24(29-26(31)33)22-6-3-4-16-28-22)23-7-5-17-30(23)19-10-8-18(27)9-11-19/h3-17,24-25H,2H2,1H3,(H,29,33)/t24-,25+/m1/s1. The predicted molar refractivity (Wildman–Crippen MR) is 139 cm³/mol. The van der Waals surface area contributed by atoms with E-state index in [1.54, 1.807) is 0 Å². The maximum atomic E-state index is 5.85. The molecule has 0 amide bonds. The van der Waals surface area contributed by atoms with Crippen molar-refractivity contribution < 1.29 is 4.74 Å². The molecule has 2 atom stereocenters. The fourth-order valence-electron chi connectivity index (χ4n) is 4.28. The van der Waals surface area contributed by atoms with E-state index in [1.165, 1.54) is 0 Å². The van der Waals surface area contributed by atoms with Crippen molar-refractivity contribution in [2.24, 2.45) is 0 Å². The molecule has 5 rings (SSSR count). The summed E-state index contributed by atoms with van der Waals surface area (Å²) in [5.41, 5.74) is 4.15. The molecule has 0 saturated carbocycles. The topological polar surface area (TPSA) is 42.3 Å². The molecule has 1 aliphatic rings. The number of benzene rings is 2. The van der Waals surface area contributed by atoms with Crippen LogP contribution in [0.5, 0.6) is 5.75 Å². The second-order valence-corrected chi connectivity index (χ2v) is 9.01. The second-order valence-electron chi connectivity index (χ2n) is 7.70. The first kappa shape index (κ1) is 21.7. The normalized spacial score (nSPS) is 17.8. The molecule has 0 aliphatic carbocycles. The smallest absolute Gasteiger partial charge is 0.174 e. The molecule has 3 heterocycles. The number of halogens is 1. The third-order valence-electron chi connectivity index (χ3n) is 5.71. The number of pyridine rings is 1. The van der Waals surface area contributed by atoms with E-state index in [0.717, 1.165) is 33.0 Å². The summed E-state index contributed by atoms with van der Waals surface area (Å²) >= 11 is 9.39. The Balaban J connectivity index is 1.62. The van der Waals surface area contributed by atoms with Crippen molar-refractivity contribution in [1.29, 1.82) is 0 Å². The lowest BCUT2D eigenvalue weighted by molar-refractivity contribution is 0.340. The minimum Gasteiger partial charge on any atom is -0.494 e. The second kappa shape index (κ2) is 9.37. The SMILES string of the molecule is CCOc1ccc(N2C(=S)N[C@H](c3ccccn3)[C@@H]2c2cccn2-c2ccc(Br)cc2)cc1. The molecule has 1 saturated heterocycles. The summed E-state index contributed by atoms with van der Waals surface area (Å²) in [6.45, 7) is 2.62. The summed E-state index contributed by atoms with van der Waals surface area (Å²) in [5, 5.41) is 4.20. The van der Waals surface area contributed by atoms with Gasteiger partial charge in [0.15, 0.2) is 5.11 Å². The number of hydrogen-bond donors (Lipinski definition) is 1. The lowest BCUT2D eigenvalue weighted by atomic mass is 10.0. The number of nitrogens with zero attached hydrogens (tertiary/aromatic N) is 3. The molecule has 2 aromatic carbocycles. The van der Waals surface area contributed by atoms with Crippen LogP contribution in [0.15, 0.2) is 95.7 Å². The van der Waals surface area contributed by atoms with E-state index in [4.69, 9.17) is 17.0 Å². The molecule has 2 aromatic heterocycles. The number of rotatable bonds is 6. The molecule has 0 radical (unpaired) electrons. The molecule has 1 aliphatic heterocycles. The first-order chi connectivity index (χ1) is 16.2. The minimum atomic E-state index is -0.102. The van der Waals surface area contributed by atoms with Crippen LogP contribution >= 0.6 is 28.1 Å². The Bertz CT molecular complexity index is 1240. The molecule has 5 nitrogen and oxygen atoms in total. The number of thiocarbonyl (C=S) groups is 1. The van der Waals surface area contributed by atoms with E-state index >= 15 is 0 Å². The van der Waals surface area contributed by atoms with Gasteiger partial charge in [-0.2, -0.15) is 0 Å². The molecule has 0 spiro atoms. The lowest BCUT2D eigenvalue weighted by Gasteiger charge is -2.29. The third-order valence-corrected chi connectivity index (χ3v) is 6.56. The average Bonchev–Trinajstić information content (AvgIpc) is 3.45. The molecule has 1 N–H and O–H groups in total. The Hall–Kier alpha value is -3.16. The Labute approximate surface area is 207 Å². The van der Waals surface area contributed by atoms with Gasteiger partial charge >= 0.3 is 0 Å². The van der Waals surface area contributed by atoms with E-state index in [1.807, 2.05) is 43.5 Å². The van der Waals surface area contributed by atoms with Gasteiger partial charge in [-0.1, -0.05) is 22.0 Å². The lowest BCUT2D eigenvalue weighted by Crippen LogP contribution is -2.30. The predicted octanol–water partition coefficient (Wildman–Crippen LogP) is 6.21. The van der Waals surface area contributed by atoms with Gasteiger partial charge in [0.1, 0.15) is 11.8 Å². The quantitative estimate of drug-likeness (QED) is 0.307. The van der Waals surface area contributed by atoms with Gasteiger partial charge in [0.25, 0.3) is 0 Å². The van der Waals surface area contributed by atoms with Crippen molar-refractivity contribution in [1.82, 2.24) is 14.9 Å². The van der Waals surface area contributed by atoms with E-state index in [-0.39, 0.29) is 12.1 Å². The highest BCUT2D eigenvalue weighted by molar-refractivity contribution is 9.10. The van der Waals surface area contributed by atoms with Crippen molar-refractivity contribution in [3.63, 3.8) is 0 Å². The van der Waals surface area contributed by atoms with Gasteiger partial charge < -0.3 is 19.5 Å². The van der Waals surface area contributed by atoms with Gasteiger partial charge in [-0.3, -0.25) is 4.98 Å². The van der Waals surface area contributed by atoms with Crippen molar-refractivity contribution >= 4 is 38.9 Å². The summed E-state index contributed by atoms with van der Waals surface area (Å²) in [6.07, 6.45) is 3.91. The summed E-state index contributed by atoms with van der Waals surface area (Å²) in [5.74, 6) is 0.843. The largest absolute Gasteiger partial charge is 0.494 e. The zero-order chi connectivity index (χ0) is 22.8. The Morgan fingerprint density at radius 1 is 0.970 bits per heavy atom. The number of hydrogen-bond acceptors (Lipinski definition) is 3. The number of ether oxygens (including phenoxy) is 1. The number of nitrogens with one attached hydrogen (secondary N) is 1. The highest BCUT2D eigenvalue weighted by Crippen LogP contribution is 2.42. The van der Waals surface area contributed by atoms with Crippen LogP contribution in [0.4, 0.5) is 5.69 Å². The van der Waals surface area contributed by atoms with E-state index in [0.29, 0.717) is 11.7 Å². The van der Waals surface area contributed by atoms with Gasteiger partial charge in [-0.15, -0.1) is 0 Å². The number of anilines is 1. The highest BCUT2D eigenvalue weighted by Gasteiger charge is 2.42. The third kappa shape index (κ3) is 4.26. The summed E-state index contributed by atoms with van der Waals surface area (Å²) in [4.78, 5) is 6.83. The summed E-state index contributed by atoms with van der Waals surface area (Å²) in [7, 11) is 0. The molecular formula is C26H23BrN4OS. The highest BCUT2D eigenvalue weighted by atomic mass is 79.9. The zero-order valence-electron chi connectivity index (χ0n) is 18.1. The molecule has 33 heavy (non-hydrogen) atoms. The molecular weight excluding hydrogens is 496 g/mol. The number of aromatic nitrogens is 2. The Morgan fingerprint density at radius 2 is 1.73 bits per heavy atom. The van der Waals surface area contributed by atoms with Crippen LogP contribution < -0.4 is 15.0 Å². The minimum absolute atomic E-state index is 0.0935. The fraction of sp³-hybridized carbons (Fsp3) is 0.154. The molecule has 0 unspecified atom stereocenters. The van der Waals surface area contributed by atoms with Crippen molar-refractivity contribution in [3.05, 3.63) is 107 Å². The van der Waals surface area contributed by atoms with Crippen molar-refractivity contribution in [2.75, 3.05) is 11.5 Å². The van der Waals surface area contributed by atoms with Crippen LogP contribution in [0.3, 0.4) is 0 Å². The molecule has 0 bridgehead atoms. The molecule has 7 heteroatoms. The first-order valence-corrected chi connectivity index (χ1v) is 12.0. The summed E-state index contributed by atoms with van der Waals surface area (Å²) < 4.78 is 8.90. The molecule has 1 fully saturated rings. The first-order valence-electron chi connectivity index (χ1n) is 10.8. The van der Waals surface area contributed by atoms with Gasteiger partial charge in [0.2, 0.25) is 0 Å². The summed E-state index contributed by atoms with van der Waals surface area (Å²) in [6, 6.07) is 26.4. The fourth-order valence-corrected chi connectivity index (χ4v) is 4.89. The van der Waals surface area contributed by atoms with Crippen molar-refractivity contribution in [3.8, 4) is 11.4 Å². The van der Waals surface area contributed by atoms with Crippen LogP contribution in [0, 0.1) is 0 Å². The van der Waals surface area contributed by atoms with E-state index in [9.17, 15) is 0 Å². The molecule has 4 aromatic rings. The Morgan fingerprint density at radius 3 is 2.42 bits per heavy atom. The van der Waals surface area contributed by atoms with Crippen LogP contribution in [0.1, 0.15) is 30.4 Å². The average molecular weight is 519 g/mol. The maximum Gasteiger partial charge on any atom is 0.174 e. The van der Waals surface area contributed by atoms with Gasteiger partial charge in [-0.25, -0.2) is 0 Å². The zero-order valence-corrected chi connectivity index (χ0v) is 20.5. The van der Waals surface area contributed by atoms with Gasteiger partial charge in [0.05, 0.1) is 18.3 Å². The van der Waals surface area contributed by atoms with Crippen LogP contribution in [0.25, 0.3) is 5.69 Å². The molecule has 166 valence electrons. The van der Waals surface area contributed by atoms with Crippen LogP contribution in [-0.4, -0.2) is 21.3 Å². The van der Waals surface area contributed by atoms with E-state index < -0.39 is 0 Å². The van der Waals surface area contributed by atoms with Crippen molar-refractivity contribution in [2.45, 2.75) is 19.0 Å². The maximum absolute atomic E-state index is 5.85. The van der Waals surface area contributed by atoms with Gasteiger partial charge in [0, 0.05) is 33.9 Å². The van der Waals surface area contributed by atoms with Gasteiger partial charge in [-0.05, 0) is 91.9 Å². The van der Waals surface area contributed by atoms with Crippen LogP contribution in [0.2, 0.25) is 0 Å². The van der Waals surface area contributed by atoms with Crippen LogP contribution in [-0.2, 0) is 0 Å².